The molecule has 2 aromatic rings. The Balaban J connectivity index is 2.25. The summed E-state index contributed by atoms with van der Waals surface area (Å²) in [5, 5.41) is 3.69. The minimum Gasteiger partial charge on any atom is -0.437 e. The van der Waals surface area contributed by atoms with E-state index in [0.717, 1.165) is 0 Å². The highest BCUT2D eigenvalue weighted by Gasteiger charge is 2.08. The molecule has 0 saturated heterocycles. The Morgan fingerprint density at radius 1 is 1.21 bits per heavy atom. The Morgan fingerprint density at radius 2 is 2.00 bits per heavy atom. The summed E-state index contributed by atoms with van der Waals surface area (Å²) in [6.07, 6.45) is 0. The maximum absolute atomic E-state index is 12.9. The van der Waals surface area contributed by atoms with Gasteiger partial charge in [-0.25, -0.2) is 9.37 Å². The maximum atomic E-state index is 12.9. The van der Waals surface area contributed by atoms with Crippen molar-refractivity contribution in [1.82, 2.24) is 10.3 Å². The number of pyridine rings is 1. The molecule has 0 saturated carbocycles. The SMILES string of the molecule is CNCc1nc(Oc2ccc(F)cc2Cl)ccc1Cl. The fourth-order valence-corrected chi connectivity index (χ4v) is 1.86. The van der Waals surface area contributed by atoms with E-state index in [-0.39, 0.29) is 5.02 Å². The maximum Gasteiger partial charge on any atom is 0.219 e. The molecule has 0 radical (unpaired) electrons. The van der Waals surface area contributed by atoms with Gasteiger partial charge in [0.2, 0.25) is 5.88 Å². The molecule has 1 N–H and O–H groups in total. The van der Waals surface area contributed by atoms with Crippen molar-refractivity contribution in [3.05, 3.63) is 51.9 Å². The number of halogens is 3. The van der Waals surface area contributed by atoms with E-state index in [1.165, 1.54) is 18.2 Å². The summed E-state index contributed by atoms with van der Waals surface area (Å²) < 4.78 is 18.4. The van der Waals surface area contributed by atoms with Crippen LogP contribution in [0.5, 0.6) is 11.6 Å². The van der Waals surface area contributed by atoms with Crippen molar-refractivity contribution in [2.24, 2.45) is 0 Å². The molecule has 0 aliphatic heterocycles. The number of hydrogen-bond donors (Lipinski definition) is 1. The van der Waals surface area contributed by atoms with Crippen molar-refractivity contribution < 1.29 is 9.13 Å². The zero-order valence-electron chi connectivity index (χ0n) is 10.1. The molecule has 0 aliphatic carbocycles. The largest absolute Gasteiger partial charge is 0.437 e. The van der Waals surface area contributed by atoms with Gasteiger partial charge in [0, 0.05) is 12.6 Å². The summed E-state index contributed by atoms with van der Waals surface area (Å²) in [6, 6.07) is 7.22. The fourth-order valence-electron chi connectivity index (χ4n) is 1.48. The molecular formula is C13H11Cl2FN2O. The van der Waals surface area contributed by atoms with Crippen molar-refractivity contribution in [2.45, 2.75) is 6.54 Å². The Bertz CT molecular complexity index is 593. The molecule has 0 unspecified atom stereocenters. The zero-order chi connectivity index (χ0) is 13.8. The number of rotatable bonds is 4. The van der Waals surface area contributed by atoms with E-state index in [9.17, 15) is 4.39 Å². The topological polar surface area (TPSA) is 34.2 Å². The van der Waals surface area contributed by atoms with Crippen LogP contribution >= 0.6 is 23.2 Å². The van der Waals surface area contributed by atoms with Gasteiger partial charge in [-0.1, -0.05) is 23.2 Å². The first-order chi connectivity index (χ1) is 9.10. The average molecular weight is 301 g/mol. The molecule has 2 rings (SSSR count). The van der Waals surface area contributed by atoms with Crippen LogP contribution in [0.25, 0.3) is 0 Å². The number of hydrogen-bond acceptors (Lipinski definition) is 3. The molecular weight excluding hydrogens is 290 g/mol. The number of ether oxygens (including phenoxy) is 1. The van der Waals surface area contributed by atoms with Gasteiger partial charge in [0.15, 0.2) is 0 Å². The second-order valence-corrected chi connectivity index (χ2v) is 4.60. The summed E-state index contributed by atoms with van der Waals surface area (Å²) in [6.45, 7) is 0.521. The van der Waals surface area contributed by atoms with Crippen LogP contribution in [0.2, 0.25) is 10.0 Å². The van der Waals surface area contributed by atoms with Crippen LogP contribution in [-0.4, -0.2) is 12.0 Å². The van der Waals surface area contributed by atoms with Gasteiger partial charge in [0.25, 0.3) is 0 Å². The average Bonchev–Trinajstić information content (AvgIpc) is 2.37. The Kier molecular flexibility index (Phi) is 4.58. The molecule has 1 aromatic carbocycles. The van der Waals surface area contributed by atoms with Gasteiger partial charge in [0.1, 0.15) is 11.6 Å². The predicted molar refractivity (Wildman–Crippen MR) is 73.5 cm³/mol. The molecule has 100 valence electrons. The van der Waals surface area contributed by atoms with Gasteiger partial charge in [-0.05, 0) is 31.3 Å². The van der Waals surface area contributed by atoms with Gasteiger partial charge < -0.3 is 10.1 Å². The highest BCUT2D eigenvalue weighted by molar-refractivity contribution is 6.32. The summed E-state index contributed by atoms with van der Waals surface area (Å²) in [4.78, 5) is 4.25. The quantitative estimate of drug-likeness (QED) is 0.925. The minimum absolute atomic E-state index is 0.187. The Labute approximate surface area is 120 Å². The molecule has 0 spiro atoms. The van der Waals surface area contributed by atoms with Crippen LogP contribution in [0.3, 0.4) is 0 Å². The summed E-state index contributed by atoms with van der Waals surface area (Å²) in [5.74, 6) is 0.272. The third kappa shape index (κ3) is 3.56. The highest BCUT2D eigenvalue weighted by Crippen LogP contribution is 2.29. The lowest BCUT2D eigenvalue weighted by molar-refractivity contribution is 0.458. The van der Waals surface area contributed by atoms with E-state index in [1.54, 1.807) is 19.2 Å². The van der Waals surface area contributed by atoms with Crippen LogP contribution < -0.4 is 10.1 Å². The second kappa shape index (κ2) is 6.19. The lowest BCUT2D eigenvalue weighted by Gasteiger charge is -2.09. The van der Waals surface area contributed by atoms with Crippen LogP contribution in [-0.2, 0) is 6.54 Å². The van der Waals surface area contributed by atoms with Crippen LogP contribution in [0.1, 0.15) is 5.69 Å². The molecule has 0 fully saturated rings. The van der Waals surface area contributed by atoms with Crippen molar-refractivity contribution >= 4 is 23.2 Å². The number of aromatic nitrogens is 1. The van der Waals surface area contributed by atoms with Crippen molar-refractivity contribution in [1.29, 1.82) is 0 Å². The third-order valence-corrected chi connectivity index (χ3v) is 2.99. The first kappa shape index (κ1) is 14.1. The van der Waals surface area contributed by atoms with E-state index in [1.807, 2.05) is 0 Å². The van der Waals surface area contributed by atoms with E-state index < -0.39 is 5.82 Å². The third-order valence-electron chi connectivity index (χ3n) is 2.35. The van der Waals surface area contributed by atoms with Crippen LogP contribution in [0, 0.1) is 5.82 Å². The molecule has 0 bridgehead atoms. The van der Waals surface area contributed by atoms with E-state index in [2.05, 4.69) is 10.3 Å². The standard InChI is InChI=1S/C13H11Cl2FN2O/c1-17-7-11-9(14)3-5-13(18-11)19-12-4-2-8(16)6-10(12)15/h2-6,17H,7H2,1H3. The molecule has 0 amide bonds. The number of benzene rings is 1. The van der Waals surface area contributed by atoms with E-state index in [4.69, 9.17) is 27.9 Å². The predicted octanol–water partition coefficient (Wildman–Crippen LogP) is 4.04. The zero-order valence-corrected chi connectivity index (χ0v) is 11.6. The summed E-state index contributed by atoms with van der Waals surface area (Å²) >= 11 is 11.9. The Hall–Kier alpha value is -1.36. The monoisotopic (exact) mass is 300 g/mol. The molecule has 19 heavy (non-hydrogen) atoms. The van der Waals surface area contributed by atoms with E-state index in [0.29, 0.717) is 28.9 Å². The van der Waals surface area contributed by atoms with Gasteiger partial charge in [0.05, 0.1) is 15.7 Å². The molecule has 0 atom stereocenters. The fraction of sp³-hybridized carbons (Fsp3) is 0.154. The van der Waals surface area contributed by atoms with Crippen molar-refractivity contribution in [3.63, 3.8) is 0 Å². The number of nitrogens with one attached hydrogen (secondary N) is 1. The molecule has 1 heterocycles. The molecule has 3 nitrogen and oxygen atoms in total. The molecule has 0 aliphatic rings. The van der Waals surface area contributed by atoms with Crippen molar-refractivity contribution in [3.8, 4) is 11.6 Å². The Morgan fingerprint density at radius 3 is 2.68 bits per heavy atom. The normalized spacial score (nSPS) is 10.5. The lowest BCUT2D eigenvalue weighted by atomic mass is 10.3. The molecule has 1 aromatic heterocycles. The van der Waals surface area contributed by atoms with Crippen LogP contribution in [0.4, 0.5) is 4.39 Å². The first-order valence-electron chi connectivity index (χ1n) is 5.53. The smallest absolute Gasteiger partial charge is 0.219 e. The van der Waals surface area contributed by atoms with E-state index >= 15 is 0 Å². The molecule has 6 heteroatoms. The highest BCUT2D eigenvalue weighted by atomic mass is 35.5. The van der Waals surface area contributed by atoms with Gasteiger partial charge in [-0.2, -0.15) is 0 Å². The minimum atomic E-state index is -0.419. The van der Waals surface area contributed by atoms with Gasteiger partial charge >= 0.3 is 0 Å². The number of nitrogens with zero attached hydrogens (tertiary/aromatic N) is 1. The summed E-state index contributed by atoms with van der Waals surface area (Å²) in [5.41, 5.74) is 0.667. The lowest BCUT2D eigenvalue weighted by Crippen LogP contribution is -2.07. The van der Waals surface area contributed by atoms with Crippen LogP contribution in [0.15, 0.2) is 30.3 Å². The van der Waals surface area contributed by atoms with Gasteiger partial charge in [-0.3, -0.25) is 0 Å². The summed E-state index contributed by atoms with van der Waals surface area (Å²) in [7, 11) is 1.79. The first-order valence-corrected chi connectivity index (χ1v) is 6.28. The second-order valence-electron chi connectivity index (χ2n) is 3.79. The van der Waals surface area contributed by atoms with Crippen molar-refractivity contribution in [2.75, 3.05) is 7.05 Å². The van der Waals surface area contributed by atoms with Gasteiger partial charge in [-0.15, -0.1) is 0 Å².